The first kappa shape index (κ1) is 12.4. The molecule has 0 saturated heterocycles. The number of aryl methyl sites for hydroxylation is 1. The molecule has 0 aliphatic carbocycles. The maximum Gasteiger partial charge on any atom is 0.119 e. The van der Waals surface area contributed by atoms with E-state index in [1.54, 1.807) is 0 Å². The summed E-state index contributed by atoms with van der Waals surface area (Å²) >= 11 is 4.33. The van der Waals surface area contributed by atoms with Gasteiger partial charge in [0.2, 0.25) is 0 Å². The van der Waals surface area contributed by atoms with E-state index in [1.165, 1.54) is 18.4 Å². The molecule has 15 heavy (non-hydrogen) atoms. The minimum atomic E-state index is 0.569. The Bertz CT molecular complexity index is 268. The Morgan fingerprint density at radius 2 is 1.93 bits per heavy atom. The van der Waals surface area contributed by atoms with Crippen LogP contribution in [0.1, 0.15) is 25.3 Å². The van der Waals surface area contributed by atoms with Crippen molar-refractivity contribution < 1.29 is 4.74 Å². The van der Waals surface area contributed by atoms with Crippen LogP contribution < -0.4 is 4.74 Å². The molecule has 0 radical (unpaired) electrons. The van der Waals surface area contributed by atoms with Crippen LogP contribution in [0.15, 0.2) is 24.3 Å². The van der Waals surface area contributed by atoms with Crippen LogP contribution in [-0.4, -0.2) is 12.4 Å². The molecule has 1 nitrogen and oxygen atoms in total. The summed E-state index contributed by atoms with van der Waals surface area (Å²) in [7, 11) is 0. The summed E-state index contributed by atoms with van der Waals surface area (Å²) in [5.41, 5.74) is 1.27. The largest absolute Gasteiger partial charge is 0.493 e. The minimum Gasteiger partial charge on any atom is -0.493 e. The zero-order valence-electron chi connectivity index (χ0n) is 9.57. The fraction of sp³-hybridized carbons (Fsp3) is 0.538. The van der Waals surface area contributed by atoms with Crippen molar-refractivity contribution in [2.45, 2.75) is 26.7 Å². The predicted molar refractivity (Wildman–Crippen MR) is 68.9 cm³/mol. The van der Waals surface area contributed by atoms with E-state index in [0.29, 0.717) is 5.92 Å². The standard InChI is InChI=1S/C13H20OS/c1-3-4-12(10-15)9-14-13-7-5-11(2)6-8-13/h5-8,12,15H,3-4,9-10H2,1-2H3. The van der Waals surface area contributed by atoms with Gasteiger partial charge in [-0.2, -0.15) is 12.6 Å². The predicted octanol–water partition coefficient (Wildman–Crippen LogP) is 3.72. The van der Waals surface area contributed by atoms with E-state index in [2.05, 4.69) is 38.6 Å². The maximum absolute atomic E-state index is 5.72. The van der Waals surface area contributed by atoms with Crippen molar-refractivity contribution in [3.63, 3.8) is 0 Å². The number of hydrogen-bond acceptors (Lipinski definition) is 2. The summed E-state index contributed by atoms with van der Waals surface area (Å²) in [4.78, 5) is 0. The summed E-state index contributed by atoms with van der Waals surface area (Å²) in [6.07, 6.45) is 2.39. The van der Waals surface area contributed by atoms with Crippen molar-refractivity contribution >= 4 is 12.6 Å². The van der Waals surface area contributed by atoms with Crippen molar-refractivity contribution in [3.05, 3.63) is 29.8 Å². The molecule has 0 spiro atoms. The topological polar surface area (TPSA) is 9.23 Å². The molecule has 2 heteroatoms. The van der Waals surface area contributed by atoms with Crippen LogP contribution in [0.3, 0.4) is 0 Å². The quantitative estimate of drug-likeness (QED) is 0.725. The molecule has 0 aromatic heterocycles. The molecule has 0 amide bonds. The third kappa shape index (κ3) is 4.61. The SMILES string of the molecule is CCCC(CS)COc1ccc(C)cc1. The Hall–Kier alpha value is -0.630. The lowest BCUT2D eigenvalue weighted by Crippen LogP contribution is -2.13. The Kier molecular flexibility index (Phi) is 5.62. The van der Waals surface area contributed by atoms with Crippen LogP contribution in [0.25, 0.3) is 0 Å². The summed E-state index contributed by atoms with van der Waals surface area (Å²) in [5, 5.41) is 0. The highest BCUT2D eigenvalue weighted by Crippen LogP contribution is 2.15. The lowest BCUT2D eigenvalue weighted by Gasteiger charge is -2.14. The Balaban J connectivity index is 2.38. The van der Waals surface area contributed by atoms with Gasteiger partial charge in [0.05, 0.1) is 6.61 Å². The monoisotopic (exact) mass is 224 g/mol. The van der Waals surface area contributed by atoms with E-state index in [4.69, 9.17) is 4.74 Å². The van der Waals surface area contributed by atoms with Gasteiger partial charge >= 0.3 is 0 Å². The van der Waals surface area contributed by atoms with Crippen molar-refractivity contribution in [3.8, 4) is 5.75 Å². The first-order chi connectivity index (χ1) is 7.26. The summed E-state index contributed by atoms with van der Waals surface area (Å²) in [6.45, 7) is 5.06. The number of thiol groups is 1. The zero-order chi connectivity index (χ0) is 11.1. The lowest BCUT2D eigenvalue weighted by atomic mass is 10.1. The minimum absolute atomic E-state index is 0.569. The molecule has 1 rings (SSSR count). The molecule has 0 aliphatic rings. The number of rotatable bonds is 6. The lowest BCUT2D eigenvalue weighted by molar-refractivity contribution is 0.254. The van der Waals surface area contributed by atoms with E-state index in [-0.39, 0.29) is 0 Å². The smallest absolute Gasteiger partial charge is 0.119 e. The van der Waals surface area contributed by atoms with Crippen molar-refractivity contribution in [1.82, 2.24) is 0 Å². The Morgan fingerprint density at radius 3 is 2.47 bits per heavy atom. The molecule has 0 fully saturated rings. The third-order valence-electron chi connectivity index (χ3n) is 2.46. The first-order valence-corrected chi connectivity index (χ1v) is 6.19. The van der Waals surface area contributed by atoms with Crippen LogP contribution in [0.5, 0.6) is 5.75 Å². The van der Waals surface area contributed by atoms with Gasteiger partial charge < -0.3 is 4.74 Å². The highest BCUT2D eigenvalue weighted by molar-refractivity contribution is 7.80. The van der Waals surface area contributed by atoms with E-state index < -0.39 is 0 Å². The normalized spacial score (nSPS) is 12.5. The van der Waals surface area contributed by atoms with Crippen molar-refractivity contribution in [1.29, 1.82) is 0 Å². The second kappa shape index (κ2) is 6.78. The number of ether oxygens (including phenoxy) is 1. The fourth-order valence-corrected chi connectivity index (χ4v) is 1.77. The van der Waals surface area contributed by atoms with Gasteiger partial charge in [0, 0.05) is 5.92 Å². The molecule has 1 atom stereocenters. The van der Waals surface area contributed by atoms with Gasteiger partial charge in [-0.15, -0.1) is 0 Å². The van der Waals surface area contributed by atoms with E-state index in [1.807, 2.05) is 12.1 Å². The number of hydrogen-bond donors (Lipinski definition) is 1. The molecule has 1 aromatic carbocycles. The molecule has 1 unspecified atom stereocenters. The van der Waals surface area contributed by atoms with Crippen LogP contribution in [0.4, 0.5) is 0 Å². The molecular formula is C13H20OS. The van der Waals surface area contributed by atoms with Crippen LogP contribution in [0, 0.1) is 12.8 Å². The van der Waals surface area contributed by atoms with Crippen LogP contribution in [-0.2, 0) is 0 Å². The fourth-order valence-electron chi connectivity index (χ4n) is 1.48. The molecular weight excluding hydrogens is 204 g/mol. The molecule has 0 heterocycles. The first-order valence-electron chi connectivity index (χ1n) is 5.56. The molecule has 0 N–H and O–H groups in total. The Morgan fingerprint density at radius 1 is 1.27 bits per heavy atom. The summed E-state index contributed by atoms with van der Waals surface area (Å²) in [5.74, 6) is 2.43. The van der Waals surface area contributed by atoms with E-state index in [9.17, 15) is 0 Å². The van der Waals surface area contributed by atoms with Gasteiger partial charge in [0.25, 0.3) is 0 Å². The van der Waals surface area contributed by atoms with Crippen molar-refractivity contribution in [2.24, 2.45) is 5.92 Å². The maximum atomic E-state index is 5.72. The molecule has 84 valence electrons. The van der Waals surface area contributed by atoms with Gasteiger partial charge in [-0.05, 0) is 31.2 Å². The van der Waals surface area contributed by atoms with E-state index in [0.717, 1.165) is 18.1 Å². The van der Waals surface area contributed by atoms with Gasteiger partial charge in [-0.1, -0.05) is 31.0 Å². The van der Waals surface area contributed by atoms with Crippen molar-refractivity contribution in [2.75, 3.05) is 12.4 Å². The zero-order valence-corrected chi connectivity index (χ0v) is 10.5. The average Bonchev–Trinajstić information content (AvgIpc) is 2.26. The number of benzene rings is 1. The molecule has 0 bridgehead atoms. The molecule has 1 aromatic rings. The van der Waals surface area contributed by atoms with Gasteiger partial charge in [-0.25, -0.2) is 0 Å². The van der Waals surface area contributed by atoms with Crippen LogP contribution in [0.2, 0.25) is 0 Å². The van der Waals surface area contributed by atoms with Gasteiger partial charge in [0.1, 0.15) is 5.75 Å². The third-order valence-corrected chi connectivity index (χ3v) is 2.98. The van der Waals surface area contributed by atoms with E-state index >= 15 is 0 Å². The highest BCUT2D eigenvalue weighted by Gasteiger charge is 2.06. The second-order valence-corrected chi connectivity index (χ2v) is 4.33. The van der Waals surface area contributed by atoms with Crippen LogP contribution >= 0.6 is 12.6 Å². The Labute approximate surface area is 98.3 Å². The molecule has 0 aliphatic heterocycles. The van der Waals surface area contributed by atoms with Gasteiger partial charge in [-0.3, -0.25) is 0 Å². The average molecular weight is 224 g/mol. The molecule has 0 saturated carbocycles. The summed E-state index contributed by atoms with van der Waals surface area (Å²) < 4.78 is 5.72. The summed E-state index contributed by atoms with van der Waals surface area (Å²) in [6, 6.07) is 8.20. The highest BCUT2D eigenvalue weighted by atomic mass is 32.1. The second-order valence-electron chi connectivity index (χ2n) is 3.96. The van der Waals surface area contributed by atoms with Gasteiger partial charge in [0.15, 0.2) is 0 Å².